The lowest BCUT2D eigenvalue weighted by atomic mass is 10.1. The van der Waals surface area contributed by atoms with E-state index >= 15 is 0 Å². The summed E-state index contributed by atoms with van der Waals surface area (Å²) in [7, 11) is -7.94. The Labute approximate surface area is 292 Å². The van der Waals surface area contributed by atoms with Crippen LogP contribution in [0, 0.1) is 6.92 Å². The fourth-order valence-corrected chi connectivity index (χ4v) is 6.67. The van der Waals surface area contributed by atoms with Crippen molar-refractivity contribution in [1.29, 1.82) is 0 Å². The number of phosphoric acid groups is 2. The minimum Gasteiger partial charge on any atom is -0.404 e. The van der Waals surface area contributed by atoms with Crippen LogP contribution in [0.25, 0.3) is 0 Å². The van der Waals surface area contributed by atoms with Crippen molar-refractivity contribution in [3.63, 3.8) is 0 Å². The molecule has 2 N–H and O–H groups in total. The van der Waals surface area contributed by atoms with Crippen LogP contribution in [0.15, 0.2) is 54.6 Å². The molecule has 0 heterocycles. The summed E-state index contributed by atoms with van der Waals surface area (Å²) in [5.74, 6) is 0.537. The lowest BCUT2D eigenvalue weighted by Crippen LogP contribution is -2.05. The summed E-state index contributed by atoms with van der Waals surface area (Å²) in [5, 5.41) is 0. The Balaban J connectivity index is 0.000000800. The van der Waals surface area contributed by atoms with E-state index in [9.17, 15) is 9.13 Å². The van der Waals surface area contributed by atoms with Crippen LogP contribution in [-0.2, 0) is 29.3 Å². The summed E-state index contributed by atoms with van der Waals surface area (Å²) in [4.78, 5) is 16.7. The van der Waals surface area contributed by atoms with Gasteiger partial charge in [-0.15, -0.1) is 0 Å². The molecule has 0 aliphatic rings. The van der Waals surface area contributed by atoms with Gasteiger partial charge in [-0.05, 0) is 37.5 Å². The highest BCUT2D eigenvalue weighted by Crippen LogP contribution is 2.50. The number of aryl methyl sites for hydroxylation is 1. The van der Waals surface area contributed by atoms with Crippen molar-refractivity contribution >= 4 is 15.6 Å². The fraction of sp³-hybridized carbons (Fsp3) is 0.684. The molecular weight excluding hydrogens is 646 g/mol. The maximum absolute atomic E-state index is 13.3. The summed E-state index contributed by atoms with van der Waals surface area (Å²) in [5.41, 5.74) is 1.87. The van der Waals surface area contributed by atoms with E-state index in [0.29, 0.717) is 19.0 Å². The number of unbranched alkanes of at least 4 members (excludes halogenated alkanes) is 18. The van der Waals surface area contributed by atoms with Crippen molar-refractivity contribution in [2.75, 3.05) is 13.2 Å². The molecule has 0 aliphatic carbocycles. The van der Waals surface area contributed by atoms with Crippen LogP contribution >= 0.6 is 15.6 Å². The topological polar surface area (TPSA) is 112 Å². The van der Waals surface area contributed by atoms with E-state index in [1.807, 2.05) is 37.3 Å². The van der Waals surface area contributed by atoms with Gasteiger partial charge in [-0.25, -0.2) is 9.13 Å². The van der Waals surface area contributed by atoms with Crippen molar-refractivity contribution in [2.45, 2.75) is 156 Å². The minimum absolute atomic E-state index is 0.0644. The molecule has 0 aliphatic heterocycles. The predicted octanol–water partition coefficient (Wildman–Crippen LogP) is 12.7. The highest BCUT2D eigenvalue weighted by molar-refractivity contribution is 7.49. The average Bonchev–Trinajstić information content (AvgIpc) is 3.07. The summed E-state index contributed by atoms with van der Waals surface area (Å²) in [6.07, 6.45) is 25.1. The third-order valence-corrected chi connectivity index (χ3v) is 9.87. The quantitative estimate of drug-likeness (QED) is 0.0633. The van der Waals surface area contributed by atoms with Crippen molar-refractivity contribution in [3.05, 3.63) is 65.7 Å². The second-order valence-electron chi connectivity index (χ2n) is 12.6. The molecule has 0 spiro atoms. The van der Waals surface area contributed by atoms with Gasteiger partial charge in [-0.2, -0.15) is 0 Å². The van der Waals surface area contributed by atoms with Gasteiger partial charge in [0.25, 0.3) is 0 Å². The smallest absolute Gasteiger partial charge is 0.404 e. The van der Waals surface area contributed by atoms with Crippen LogP contribution in [0.4, 0.5) is 0 Å². The third-order valence-electron chi connectivity index (χ3n) is 7.97. The standard InChI is InChI=1S/C31H57O4P.C7H9O4P/c1-4-6-8-10-12-14-16-18-20-22-28-33-36(32,35-31-26-24-30(3)25-27-31)34-29-23-21-19-17-15-13-11-9-7-5-2;8-12(9,10)11-6-7-4-2-1-3-5-7/h24-27H,4-23,28-29H2,1-3H3;1-5H,6H2,(H2,8,9,10). The Morgan fingerprint density at radius 3 is 1.31 bits per heavy atom. The number of rotatable bonds is 29. The molecule has 0 saturated carbocycles. The summed E-state index contributed by atoms with van der Waals surface area (Å²) >= 11 is 0. The molecule has 2 rings (SSSR count). The molecule has 276 valence electrons. The van der Waals surface area contributed by atoms with E-state index in [1.165, 1.54) is 103 Å². The van der Waals surface area contributed by atoms with E-state index in [4.69, 9.17) is 23.4 Å². The van der Waals surface area contributed by atoms with Gasteiger partial charge in [-0.3, -0.25) is 13.6 Å². The lowest BCUT2D eigenvalue weighted by Gasteiger charge is -2.19. The lowest BCUT2D eigenvalue weighted by molar-refractivity contribution is 0.150. The maximum Gasteiger partial charge on any atom is 0.530 e. The molecule has 0 amide bonds. The van der Waals surface area contributed by atoms with E-state index < -0.39 is 15.6 Å². The number of benzene rings is 2. The van der Waals surface area contributed by atoms with Gasteiger partial charge in [0, 0.05) is 0 Å². The molecule has 0 radical (unpaired) electrons. The number of hydrogen-bond acceptors (Lipinski definition) is 6. The predicted molar refractivity (Wildman–Crippen MR) is 198 cm³/mol. The van der Waals surface area contributed by atoms with Crippen LogP contribution in [0.2, 0.25) is 0 Å². The fourth-order valence-electron chi connectivity index (χ4n) is 5.08. The number of phosphoric ester groups is 2. The summed E-state index contributed by atoms with van der Waals surface area (Å²) < 4.78 is 45.1. The first-order valence-corrected chi connectivity index (χ1v) is 21.6. The zero-order valence-corrected chi connectivity index (χ0v) is 32.0. The van der Waals surface area contributed by atoms with Gasteiger partial charge in [0.2, 0.25) is 0 Å². The van der Waals surface area contributed by atoms with Gasteiger partial charge in [0.05, 0.1) is 19.8 Å². The average molecular weight is 713 g/mol. The molecule has 8 nitrogen and oxygen atoms in total. The molecule has 2 aromatic rings. The molecule has 0 unspecified atom stereocenters. The molecule has 0 fully saturated rings. The Hall–Kier alpha value is -1.50. The van der Waals surface area contributed by atoms with E-state index in [1.54, 1.807) is 24.3 Å². The van der Waals surface area contributed by atoms with Crippen LogP contribution in [0.1, 0.15) is 153 Å². The maximum atomic E-state index is 13.3. The van der Waals surface area contributed by atoms with Crippen LogP contribution in [0.3, 0.4) is 0 Å². The first-order chi connectivity index (χ1) is 23.2. The van der Waals surface area contributed by atoms with Gasteiger partial charge in [0.1, 0.15) is 5.75 Å². The molecule has 0 atom stereocenters. The van der Waals surface area contributed by atoms with Crippen LogP contribution in [-0.4, -0.2) is 23.0 Å². The first-order valence-electron chi connectivity index (χ1n) is 18.6. The number of hydrogen-bond donors (Lipinski definition) is 2. The summed E-state index contributed by atoms with van der Waals surface area (Å²) in [6.45, 7) is 7.30. The molecule has 0 saturated heterocycles. The van der Waals surface area contributed by atoms with Crippen molar-refractivity contribution < 1.29 is 37.0 Å². The molecule has 0 aromatic heterocycles. The highest BCUT2D eigenvalue weighted by Gasteiger charge is 2.28. The highest BCUT2D eigenvalue weighted by atomic mass is 31.2. The summed E-state index contributed by atoms with van der Waals surface area (Å²) in [6, 6.07) is 16.4. The minimum atomic E-state index is -4.33. The van der Waals surface area contributed by atoms with Crippen molar-refractivity contribution in [3.8, 4) is 5.75 Å². The SMILES string of the molecule is CCCCCCCCCCCCOP(=O)(OCCCCCCCCCCCC)Oc1ccc(C)cc1.O=P(O)(O)OCc1ccccc1. The molecule has 48 heavy (non-hydrogen) atoms. The Kier molecular flexibility index (Phi) is 27.1. The molecule has 10 heteroatoms. The Morgan fingerprint density at radius 2 is 0.917 bits per heavy atom. The Bertz CT molecular complexity index is 1060. The van der Waals surface area contributed by atoms with Gasteiger partial charge in [0.15, 0.2) is 0 Å². The second kappa shape index (κ2) is 29.3. The Morgan fingerprint density at radius 1 is 0.521 bits per heavy atom. The zero-order chi connectivity index (χ0) is 35.2. The van der Waals surface area contributed by atoms with E-state index in [2.05, 4.69) is 18.4 Å². The van der Waals surface area contributed by atoms with E-state index in [0.717, 1.165) is 36.8 Å². The largest absolute Gasteiger partial charge is 0.530 e. The zero-order valence-electron chi connectivity index (χ0n) is 30.2. The van der Waals surface area contributed by atoms with Gasteiger partial charge in [-0.1, -0.05) is 177 Å². The van der Waals surface area contributed by atoms with Gasteiger partial charge >= 0.3 is 15.6 Å². The monoisotopic (exact) mass is 712 g/mol. The molecule has 0 bridgehead atoms. The van der Waals surface area contributed by atoms with Crippen LogP contribution in [0.5, 0.6) is 5.75 Å². The molecule has 2 aromatic carbocycles. The van der Waals surface area contributed by atoms with E-state index in [-0.39, 0.29) is 6.61 Å². The first kappa shape index (κ1) is 44.5. The van der Waals surface area contributed by atoms with Crippen molar-refractivity contribution in [2.24, 2.45) is 0 Å². The second-order valence-corrected chi connectivity index (χ2v) is 15.5. The normalized spacial score (nSPS) is 11.7. The van der Waals surface area contributed by atoms with Gasteiger partial charge < -0.3 is 14.3 Å². The third kappa shape index (κ3) is 27.3. The van der Waals surface area contributed by atoms with Crippen LogP contribution < -0.4 is 4.52 Å². The molecular formula is C38H66O8P2. The van der Waals surface area contributed by atoms with Crippen molar-refractivity contribution in [1.82, 2.24) is 0 Å².